The van der Waals surface area contributed by atoms with Gasteiger partial charge in [-0.25, -0.2) is 0 Å². The van der Waals surface area contributed by atoms with Crippen LogP contribution in [0.4, 0.5) is 5.69 Å². The molecule has 0 spiro atoms. The zero-order chi connectivity index (χ0) is 16.5. The Morgan fingerprint density at radius 3 is 2.43 bits per heavy atom. The monoisotopic (exact) mass is 333 g/mol. The molecule has 2 rings (SSSR count). The van der Waals surface area contributed by atoms with Gasteiger partial charge < -0.3 is 15.5 Å². The van der Waals surface area contributed by atoms with Crippen LogP contribution in [0.5, 0.6) is 0 Å². The Balaban J connectivity index is 1.72. The summed E-state index contributed by atoms with van der Waals surface area (Å²) in [5.41, 5.74) is 2.48. The fourth-order valence-electron chi connectivity index (χ4n) is 3.11. The normalized spacial score (nSPS) is 16.3. The van der Waals surface area contributed by atoms with E-state index in [2.05, 4.69) is 53.6 Å². The third-order valence-corrected chi connectivity index (χ3v) is 4.71. The van der Waals surface area contributed by atoms with E-state index in [1.165, 1.54) is 57.3 Å². The number of benzene rings is 1. The fourth-order valence-corrected chi connectivity index (χ4v) is 3.39. The highest BCUT2D eigenvalue weighted by Gasteiger charge is 2.18. The van der Waals surface area contributed by atoms with Gasteiger partial charge in [-0.15, -0.1) is 0 Å². The van der Waals surface area contributed by atoms with Gasteiger partial charge in [-0.3, -0.25) is 0 Å². The number of likely N-dealkylation sites (tertiary alicyclic amines) is 1. The first-order valence-electron chi connectivity index (χ1n) is 9.10. The summed E-state index contributed by atoms with van der Waals surface area (Å²) in [5, 5.41) is 7.54. The molecule has 0 radical (unpaired) electrons. The largest absolute Gasteiger partial charge is 0.360 e. The van der Waals surface area contributed by atoms with Crippen molar-refractivity contribution in [1.82, 2.24) is 10.2 Å². The second kappa shape index (κ2) is 9.89. The standard InChI is InChI=1S/C19H31N3S/c1-3-5-6-16-7-9-17(10-8-16)20-19(23)21-18-11-14-22(13-4-2)15-12-18/h7-10,18H,3-6,11-15H2,1-2H3,(H2,20,21,23). The Labute approximate surface area is 146 Å². The number of hydrogen-bond donors (Lipinski definition) is 2. The van der Waals surface area contributed by atoms with Crippen LogP contribution in [0, 0.1) is 0 Å². The molecule has 23 heavy (non-hydrogen) atoms. The number of piperidine rings is 1. The summed E-state index contributed by atoms with van der Waals surface area (Å²) < 4.78 is 0. The molecule has 1 aromatic carbocycles. The molecule has 4 heteroatoms. The first kappa shape index (κ1) is 18.2. The highest BCUT2D eigenvalue weighted by atomic mass is 32.1. The topological polar surface area (TPSA) is 27.3 Å². The van der Waals surface area contributed by atoms with Crippen LogP contribution in [0.25, 0.3) is 0 Å². The van der Waals surface area contributed by atoms with Crippen LogP contribution in [0.2, 0.25) is 0 Å². The summed E-state index contributed by atoms with van der Waals surface area (Å²) in [4.78, 5) is 2.55. The number of anilines is 1. The Bertz CT molecular complexity index is 464. The lowest BCUT2D eigenvalue weighted by Crippen LogP contribution is -2.45. The second-order valence-electron chi connectivity index (χ2n) is 6.51. The molecule has 2 N–H and O–H groups in total. The van der Waals surface area contributed by atoms with Crippen molar-refractivity contribution in [1.29, 1.82) is 0 Å². The Morgan fingerprint density at radius 2 is 1.83 bits per heavy atom. The van der Waals surface area contributed by atoms with E-state index < -0.39 is 0 Å². The van der Waals surface area contributed by atoms with Crippen LogP contribution in [-0.4, -0.2) is 35.7 Å². The smallest absolute Gasteiger partial charge is 0.170 e. The molecule has 1 aromatic rings. The van der Waals surface area contributed by atoms with Gasteiger partial charge in [0.2, 0.25) is 0 Å². The van der Waals surface area contributed by atoms with E-state index in [1.54, 1.807) is 0 Å². The molecule has 0 saturated carbocycles. The number of aryl methyl sites for hydroxylation is 1. The molecular weight excluding hydrogens is 302 g/mol. The van der Waals surface area contributed by atoms with Crippen molar-refractivity contribution in [3.05, 3.63) is 29.8 Å². The molecule has 3 nitrogen and oxygen atoms in total. The van der Waals surface area contributed by atoms with Gasteiger partial charge in [0.1, 0.15) is 0 Å². The Hall–Kier alpha value is -1.13. The molecule has 1 aliphatic rings. The molecule has 0 atom stereocenters. The van der Waals surface area contributed by atoms with Crippen molar-refractivity contribution in [2.24, 2.45) is 0 Å². The summed E-state index contributed by atoms with van der Waals surface area (Å²) in [6.07, 6.45) is 7.26. The first-order chi connectivity index (χ1) is 11.2. The molecule has 0 bridgehead atoms. The minimum Gasteiger partial charge on any atom is -0.360 e. The lowest BCUT2D eigenvalue weighted by Gasteiger charge is -2.32. The van der Waals surface area contributed by atoms with Gasteiger partial charge in [-0.1, -0.05) is 32.4 Å². The molecule has 0 aliphatic carbocycles. The third kappa shape index (κ3) is 6.48. The SMILES string of the molecule is CCCCc1ccc(NC(=S)NC2CCN(CCC)CC2)cc1. The molecule has 0 unspecified atom stereocenters. The van der Waals surface area contributed by atoms with Crippen LogP contribution < -0.4 is 10.6 Å². The molecule has 128 valence electrons. The summed E-state index contributed by atoms with van der Waals surface area (Å²) in [6.45, 7) is 8.06. The van der Waals surface area contributed by atoms with Gasteiger partial charge in [-0.05, 0) is 68.6 Å². The van der Waals surface area contributed by atoms with Crippen LogP contribution in [-0.2, 0) is 6.42 Å². The predicted octanol–water partition coefficient (Wildman–Crippen LogP) is 4.19. The third-order valence-electron chi connectivity index (χ3n) is 4.49. The van der Waals surface area contributed by atoms with Gasteiger partial charge >= 0.3 is 0 Å². The highest BCUT2D eigenvalue weighted by Crippen LogP contribution is 2.13. The summed E-state index contributed by atoms with van der Waals surface area (Å²) in [7, 11) is 0. The van der Waals surface area contributed by atoms with Crippen molar-refractivity contribution in [2.45, 2.75) is 58.4 Å². The van der Waals surface area contributed by atoms with Gasteiger partial charge in [0.25, 0.3) is 0 Å². The van der Waals surface area contributed by atoms with E-state index in [9.17, 15) is 0 Å². The lowest BCUT2D eigenvalue weighted by atomic mass is 10.1. The Morgan fingerprint density at radius 1 is 1.13 bits per heavy atom. The number of nitrogens with zero attached hydrogens (tertiary/aromatic N) is 1. The zero-order valence-electron chi connectivity index (χ0n) is 14.6. The summed E-state index contributed by atoms with van der Waals surface area (Å²) in [6, 6.07) is 9.16. The van der Waals surface area contributed by atoms with Crippen LogP contribution in [0.3, 0.4) is 0 Å². The summed E-state index contributed by atoms with van der Waals surface area (Å²) in [5.74, 6) is 0. The second-order valence-corrected chi connectivity index (χ2v) is 6.92. The van der Waals surface area contributed by atoms with Gasteiger partial charge in [0.15, 0.2) is 5.11 Å². The highest BCUT2D eigenvalue weighted by molar-refractivity contribution is 7.80. The van der Waals surface area contributed by atoms with Crippen molar-refractivity contribution in [3.8, 4) is 0 Å². The maximum Gasteiger partial charge on any atom is 0.170 e. The molecule has 0 amide bonds. The number of thiocarbonyl (C=S) groups is 1. The molecule has 1 saturated heterocycles. The number of nitrogens with one attached hydrogen (secondary N) is 2. The van der Waals surface area contributed by atoms with Crippen molar-refractivity contribution >= 4 is 23.0 Å². The summed E-state index contributed by atoms with van der Waals surface area (Å²) >= 11 is 5.46. The molecule has 1 heterocycles. The number of unbranched alkanes of at least 4 members (excludes halogenated alkanes) is 1. The number of hydrogen-bond acceptors (Lipinski definition) is 2. The maximum atomic E-state index is 5.46. The van der Waals surface area contributed by atoms with Crippen molar-refractivity contribution in [3.63, 3.8) is 0 Å². The molecule has 0 aromatic heterocycles. The van der Waals surface area contributed by atoms with E-state index in [1.807, 2.05) is 0 Å². The average molecular weight is 334 g/mol. The molecule has 1 fully saturated rings. The van der Waals surface area contributed by atoms with E-state index >= 15 is 0 Å². The van der Waals surface area contributed by atoms with Gasteiger partial charge in [-0.2, -0.15) is 0 Å². The predicted molar refractivity (Wildman–Crippen MR) is 104 cm³/mol. The molecular formula is C19H31N3S. The van der Waals surface area contributed by atoms with E-state index in [0.29, 0.717) is 6.04 Å². The van der Waals surface area contributed by atoms with E-state index in [-0.39, 0.29) is 0 Å². The lowest BCUT2D eigenvalue weighted by molar-refractivity contribution is 0.207. The minimum absolute atomic E-state index is 0.506. The van der Waals surface area contributed by atoms with Crippen molar-refractivity contribution in [2.75, 3.05) is 25.0 Å². The maximum absolute atomic E-state index is 5.46. The first-order valence-corrected chi connectivity index (χ1v) is 9.51. The zero-order valence-corrected chi connectivity index (χ0v) is 15.4. The van der Waals surface area contributed by atoms with Crippen LogP contribution >= 0.6 is 12.2 Å². The van der Waals surface area contributed by atoms with E-state index in [0.717, 1.165) is 17.2 Å². The minimum atomic E-state index is 0.506. The van der Waals surface area contributed by atoms with Gasteiger partial charge in [0, 0.05) is 24.8 Å². The molecule has 1 aliphatic heterocycles. The van der Waals surface area contributed by atoms with E-state index in [4.69, 9.17) is 12.2 Å². The Kier molecular flexibility index (Phi) is 7.83. The van der Waals surface area contributed by atoms with Gasteiger partial charge in [0.05, 0.1) is 0 Å². The van der Waals surface area contributed by atoms with Crippen molar-refractivity contribution < 1.29 is 0 Å². The van der Waals surface area contributed by atoms with Crippen LogP contribution in [0.1, 0.15) is 51.5 Å². The quantitative estimate of drug-likeness (QED) is 0.732. The number of rotatable bonds is 7. The van der Waals surface area contributed by atoms with Crippen LogP contribution in [0.15, 0.2) is 24.3 Å². The fraction of sp³-hybridized carbons (Fsp3) is 0.632. The average Bonchev–Trinajstić information content (AvgIpc) is 2.56.